The number of esters is 1. The van der Waals surface area contributed by atoms with Crippen LogP contribution in [-0.2, 0) is 0 Å². The van der Waals surface area contributed by atoms with Gasteiger partial charge in [0.25, 0.3) is 5.91 Å². The van der Waals surface area contributed by atoms with Gasteiger partial charge in [-0.15, -0.1) is 0 Å². The number of anilines is 1. The first-order valence-corrected chi connectivity index (χ1v) is 8.76. The van der Waals surface area contributed by atoms with Crippen molar-refractivity contribution in [3.63, 3.8) is 0 Å². The maximum absolute atomic E-state index is 12.3. The van der Waals surface area contributed by atoms with Crippen LogP contribution in [-0.4, -0.2) is 11.9 Å². The predicted molar refractivity (Wildman–Crippen MR) is 105 cm³/mol. The van der Waals surface area contributed by atoms with Crippen LogP contribution in [0.2, 0.25) is 0 Å². The first kappa shape index (κ1) is 17.9. The Hall–Kier alpha value is -2.92. The van der Waals surface area contributed by atoms with Crippen LogP contribution < -0.4 is 10.1 Å². The Balaban J connectivity index is 1.65. The number of halogens is 1. The number of carbonyl (C=O) groups is 2. The second-order valence-electron chi connectivity index (χ2n) is 5.74. The Morgan fingerprint density at radius 3 is 2.23 bits per heavy atom. The Labute approximate surface area is 159 Å². The molecule has 1 N–H and O–H groups in total. The summed E-state index contributed by atoms with van der Waals surface area (Å²) in [5.74, 6) is -0.302. The second kappa shape index (κ2) is 7.97. The molecule has 0 aliphatic carbocycles. The molecule has 3 aromatic rings. The van der Waals surface area contributed by atoms with Crippen molar-refractivity contribution in [3.8, 4) is 5.75 Å². The highest BCUT2D eigenvalue weighted by atomic mass is 79.9. The minimum atomic E-state index is -0.455. The van der Waals surface area contributed by atoms with Gasteiger partial charge in [-0.1, -0.05) is 39.7 Å². The zero-order valence-corrected chi connectivity index (χ0v) is 15.6. The number of nitrogens with one attached hydrogen (secondary N) is 1. The molecule has 0 aromatic heterocycles. The molecule has 4 nitrogen and oxygen atoms in total. The van der Waals surface area contributed by atoms with Gasteiger partial charge in [0.05, 0.1) is 5.56 Å². The molecule has 0 spiro atoms. The van der Waals surface area contributed by atoms with E-state index < -0.39 is 5.97 Å². The Bertz CT molecular complexity index is 934. The molecule has 0 saturated heterocycles. The van der Waals surface area contributed by atoms with Gasteiger partial charge < -0.3 is 10.1 Å². The van der Waals surface area contributed by atoms with Crippen LogP contribution in [0.5, 0.6) is 5.75 Å². The van der Waals surface area contributed by atoms with Gasteiger partial charge in [0.1, 0.15) is 5.75 Å². The van der Waals surface area contributed by atoms with Crippen LogP contribution in [0.3, 0.4) is 0 Å². The normalized spacial score (nSPS) is 10.2. The van der Waals surface area contributed by atoms with Crippen molar-refractivity contribution in [3.05, 3.63) is 94.0 Å². The van der Waals surface area contributed by atoms with Crippen LogP contribution in [0.25, 0.3) is 0 Å². The average Bonchev–Trinajstić information content (AvgIpc) is 2.64. The minimum Gasteiger partial charge on any atom is -0.423 e. The maximum atomic E-state index is 12.3. The summed E-state index contributed by atoms with van der Waals surface area (Å²) in [6.07, 6.45) is 0. The molecule has 0 aliphatic heterocycles. The topological polar surface area (TPSA) is 55.4 Å². The summed E-state index contributed by atoms with van der Waals surface area (Å²) in [5.41, 5.74) is 2.78. The fourth-order valence-electron chi connectivity index (χ4n) is 2.30. The van der Waals surface area contributed by atoms with E-state index in [1.165, 1.54) is 0 Å². The van der Waals surface area contributed by atoms with Crippen molar-refractivity contribution in [1.29, 1.82) is 0 Å². The summed E-state index contributed by atoms with van der Waals surface area (Å²) < 4.78 is 6.13. The molecule has 0 aliphatic rings. The lowest BCUT2D eigenvalue weighted by Crippen LogP contribution is -2.12. The number of hydrogen-bond acceptors (Lipinski definition) is 3. The molecule has 0 atom stereocenters. The van der Waals surface area contributed by atoms with E-state index >= 15 is 0 Å². The van der Waals surface area contributed by atoms with Gasteiger partial charge in [-0.25, -0.2) is 4.79 Å². The van der Waals surface area contributed by atoms with Crippen molar-refractivity contribution in [2.75, 3.05) is 5.32 Å². The van der Waals surface area contributed by atoms with Gasteiger partial charge in [-0.2, -0.15) is 0 Å². The molecule has 5 heteroatoms. The second-order valence-corrected chi connectivity index (χ2v) is 6.66. The van der Waals surface area contributed by atoms with Crippen LogP contribution >= 0.6 is 15.9 Å². The number of amides is 1. The standard InChI is InChI=1S/C21H16BrNO3/c1-14-5-9-18(10-6-14)23-20(24)15-7-11-19(12-8-15)26-21(25)16-3-2-4-17(22)13-16/h2-13H,1H3,(H,23,24). The van der Waals surface area contributed by atoms with Crippen molar-refractivity contribution >= 4 is 33.5 Å². The van der Waals surface area contributed by atoms with Crippen molar-refractivity contribution in [2.24, 2.45) is 0 Å². The molecular formula is C21H16BrNO3. The van der Waals surface area contributed by atoms with E-state index in [-0.39, 0.29) is 5.91 Å². The van der Waals surface area contributed by atoms with E-state index in [0.717, 1.165) is 15.7 Å². The Morgan fingerprint density at radius 1 is 0.885 bits per heavy atom. The summed E-state index contributed by atoms with van der Waals surface area (Å²) >= 11 is 3.32. The summed E-state index contributed by atoms with van der Waals surface area (Å²) in [6, 6.07) is 20.9. The van der Waals surface area contributed by atoms with Gasteiger partial charge in [-0.05, 0) is 61.5 Å². The Morgan fingerprint density at radius 2 is 1.58 bits per heavy atom. The van der Waals surface area contributed by atoms with Gasteiger partial charge in [0.15, 0.2) is 0 Å². The molecule has 3 rings (SSSR count). The van der Waals surface area contributed by atoms with Crippen molar-refractivity contribution in [2.45, 2.75) is 6.92 Å². The van der Waals surface area contributed by atoms with Gasteiger partial charge in [0, 0.05) is 15.7 Å². The molecule has 0 heterocycles. The first-order valence-electron chi connectivity index (χ1n) is 7.97. The molecule has 0 fully saturated rings. The van der Waals surface area contributed by atoms with Crippen LogP contribution in [0.15, 0.2) is 77.3 Å². The molecule has 0 saturated carbocycles. The smallest absolute Gasteiger partial charge is 0.343 e. The van der Waals surface area contributed by atoms with E-state index in [9.17, 15) is 9.59 Å². The predicted octanol–water partition coefficient (Wildman–Crippen LogP) is 5.23. The highest BCUT2D eigenvalue weighted by Gasteiger charge is 2.10. The quantitative estimate of drug-likeness (QED) is 0.474. The van der Waals surface area contributed by atoms with Crippen LogP contribution in [0.1, 0.15) is 26.3 Å². The highest BCUT2D eigenvalue weighted by molar-refractivity contribution is 9.10. The van der Waals surface area contributed by atoms with E-state index in [2.05, 4.69) is 21.2 Å². The van der Waals surface area contributed by atoms with Crippen LogP contribution in [0.4, 0.5) is 5.69 Å². The molecular weight excluding hydrogens is 394 g/mol. The third kappa shape index (κ3) is 4.58. The van der Waals surface area contributed by atoms with Gasteiger partial charge >= 0.3 is 5.97 Å². The third-order valence-electron chi connectivity index (χ3n) is 3.70. The molecule has 0 bridgehead atoms. The third-order valence-corrected chi connectivity index (χ3v) is 4.19. The van der Waals surface area contributed by atoms with E-state index in [1.807, 2.05) is 37.3 Å². The summed E-state index contributed by atoms with van der Waals surface area (Å²) in [4.78, 5) is 24.4. The summed E-state index contributed by atoms with van der Waals surface area (Å²) in [7, 11) is 0. The molecule has 26 heavy (non-hydrogen) atoms. The highest BCUT2D eigenvalue weighted by Crippen LogP contribution is 2.18. The van der Waals surface area contributed by atoms with Gasteiger partial charge in [0.2, 0.25) is 0 Å². The largest absolute Gasteiger partial charge is 0.423 e. The zero-order chi connectivity index (χ0) is 18.5. The number of aryl methyl sites for hydroxylation is 1. The lowest BCUT2D eigenvalue weighted by molar-refractivity contribution is 0.0734. The lowest BCUT2D eigenvalue weighted by atomic mass is 10.2. The Kier molecular flexibility index (Phi) is 5.49. The molecule has 3 aromatic carbocycles. The summed E-state index contributed by atoms with van der Waals surface area (Å²) in [6.45, 7) is 1.99. The molecule has 0 radical (unpaired) electrons. The SMILES string of the molecule is Cc1ccc(NC(=O)c2ccc(OC(=O)c3cccc(Br)c3)cc2)cc1. The van der Waals surface area contributed by atoms with Gasteiger partial charge in [-0.3, -0.25) is 4.79 Å². The van der Waals surface area contributed by atoms with Crippen LogP contribution in [0, 0.1) is 6.92 Å². The number of carbonyl (C=O) groups excluding carboxylic acids is 2. The van der Waals surface area contributed by atoms with Crippen molar-refractivity contribution < 1.29 is 14.3 Å². The van der Waals surface area contributed by atoms with Crippen molar-refractivity contribution in [1.82, 2.24) is 0 Å². The average molecular weight is 410 g/mol. The van der Waals surface area contributed by atoms with E-state index in [1.54, 1.807) is 42.5 Å². The molecule has 1 amide bonds. The fraction of sp³-hybridized carbons (Fsp3) is 0.0476. The maximum Gasteiger partial charge on any atom is 0.343 e. The minimum absolute atomic E-state index is 0.223. The molecule has 0 unspecified atom stereocenters. The lowest BCUT2D eigenvalue weighted by Gasteiger charge is -2.07. The number of benzene rings is 3. The fourth-order valence-corrected chi connectivity index (χ4v) is 2.70. The first-order chi connectivity index (χ1) is 12.5. The monoisotopic (exact) mass is 409 g/mol. The number of hydrogen-bond donors (Lipinski definition) is 1. The van der Waals surface area contributed by atoms with E-state index in [4.69, 9.17) is 4.74 Å². The number of ether oxygens (including phenoxy) is 1. The zero-order valence-electron chi connectivity index (χ0n) is 14.0. The van der Waals surface area contributed by atoms with E-state index in [0.29, 0.717) is 16.9 Å². The summed E-state index contributed by atoms with van der Waals surface area (Å²) in [5, 5.41) is 2.83. The number of rotatable bonds is 4. The molecule has 130 valence electrons.